The smallest absolute Gasteiger partial charge is 0.187 e. The van der Waals surface area contributed by atoms with E-state index < -0.39 is 21.6 Å². The lowest BCUT2D eigenvalue weighted by molar-refractivity contribution is 0.0350. The van der Waals surface area contributed by atoms with Gasteiger partial charge in [-0.3, -0.25) is 5.32 Å². The van der Waals surface area contributed by atoms with Crippen LogP contribution in [-0.2, 0) is 9.84 Å². The summed E-state index contributed by atoms with van der Waals surface area (Å²) < 4.78 is 23.8. The molecule has 8 nitrogen and oxygen atoms in total. The van der Waals surface area contributed by atoms with E-state index in [2.05, 4.69) is 45.9 Å². The van der Waals surface area contributed by atoms with E-state index in [0.29, 0.717) is 13.1 Å². The highest BCUT2D eigenvalue weighted by Gasteiger charge is 2.47. The third-order valence-electron chi connectivity index (χ3n) is 8.48. The molecule has 2 aliphatic carbocycles. The molecule has 2 heterocycles. The number of aromatic nitrogens is 1. The zero-order valence-corrected chi connectivity index (χ0v) is 24.1. The molecule has 0 bridgehead atoms. The van der Waals surface area contributed by atoms with Gasteiger partial charge in [-0.2, -0.15) is 5.26 Å². The normalized spacial score (nSPS) is 24.1. The van der Waals surface area contributed by atoms with Gasteiger partial charge in [-0.1, -0.05) is 54.5 Å². The molecule has 40 heavy (non-hydrogen) atoms. The number of benzene rings is 2. The van der Waals surface area contributed by atoms with Crippen molar-refractivity contribution in [3.05, 3.63) is 60.3 Å². The van der Waals surface area contributed by atoms with E-state index >= 15 is 0 Å². The lowest BCUT2D eigenvalue weighted by Crippen LogP contribution is -2.46. The molecule has 3 N–H and O–H groups in total. The first-order valence-electron chi connectivity index (χ1n) is 14.1. The molecular weight excluding hydrogens is 542 g/mol. The van der Waals surface area contributed by atoms with Crippen molar-refractivity contribution in [1.29, 1.82) is 5.26 Å². The second kappa shape index (κ2) is 11.1. The standard InChI is InChI=1S/C30H35N5O3S2/c31-20-30(14-15-30)34-28(36)25-9-5-4-8-24(25)26-27(39-29(33-26)32-22-6-2-1-3-7-22)21-10-12-23(13-11-21)35-16-18-40(37,38)19-17-35/h1-3,6-7,10-13,24-25,28,34,36H,4-5,8-9,14-19H2,(H,32,33)/t24-,25-,28?/m1/s1. The van der Waals surface area contributed by atoms with E-state index in [1.807, 2.05) is 30.3 Å². The number of sulfone groups is 1. The molecule has 0 radical (unpaired) electrons. The fourth-order valence-electron chi connectivity index (χ4n) is 5.96. The minimum atomic E-state index is -2.94. The van der Waals surface area contributed by atoms with Crippen LogP contribution in [0, 0.1) is 17.2 Å². The monoisotopic (exact) mass is 577 g/mol. The van der Waals surface area contributed by atoms with Crippen LogP contribution < -0.4 is 15.5 Å². The number of aliphatic hydroxyl groups is 1. The summed E-state index contributed by atoms with van der Waals surface area (Å²) in [5.41, 5.74) is 3.46. The number of rotatable bonds is 8. The number of aliphatic hydroxyl groups excluding tert-OH is 1. The third kappa shape index (κ3) is 5.88. The van der Waals surface area contributed by atoms with E-state index in [4.69, 9.17) is 4.98 Å². The molecule has 1 aliphatic heterocycles. The first kappa shape index (κ1) is 27.2. The summed E-state index contributed by atoms with van der Waals surface area (Å²) in [7, 11) is -2.94. The molecule has 1 saturated heterocycles. The Kier molecular flexibility index (Phi) is 7.57. The Morgan fingerprint density at radius 2 is 1.75 bits per heavy atom. The molecule has 10 heteroatoms. The van der Waals surface area contributed by atoms with Crippen molar-refractivity contribution in [2.24, 2.45) is 5.92 Å². The molecule has 0 spiro atoms. The zero-order valence-electron chi connectivity index (χ0n) is 22.4. The second-order valence-corrected chi connectivity index (χ2v) is 14.6. The van der Waals surface area contributed by atoms with Crippen LogP contribution in [0.15, 0.2) is 54.6 Å². The average Bonchev–Trinajstić information content (AvgIpc) is 3.63. The van der Waals surface area contributed by atoms with E-state index in [9.17, 15) is 18.8 Å². The fourth-order valence-corrected chi connectivity index (χ4v) is 8.23. The Balaban J connectivity index is 1.31. The van der Waals surface area contributed by atoms with E-state index in [1.165, 1.54) is 0 Å². The molecule has 1 unspecified atom stereocenters. The van der Waals surface area contributed by atoms with Crippen LogP contribution in [0.2, 0.25) is 0 Å². The minimum Gasteiger partial charge on any atom is -0.378 e. The van der Waals surface area contributed by atoms with Crippen LogP contribution >= 0.6 is 11.3 Å². The Labute approximate surface area is 240 Å². The molecule has 3 aliphatic rings. The van der Waals surface area contributed by atoms with Gasteiger partial charge in [0, 0.05) is 36.3 Å². The van der Waals surface area contributed by atoms with Gasteiger partial charge in [0.05, 0.1) is 28.1 Å². The van der Waals surface area contributed by atoms with Crippen LogP contribution in [0.5, 0.6) is 0 Å². The lowest BCUT2D eigenvalue weighted by Gasteiger charge is -2.35. The minimum absolute atomic E-state index is 0.0282. The molecule has 2 aromatic carbocycles. The van der Waals surface area contributed by atoms with Crippen molar-refractivity contribution in [3.63, 3.8) is 0 Å². The summed E-state index contributed by atoms with van der Waals surface area (Å²) in [4.78, 5) is 8.33. The molecule has 3 aromatic rings. The topological polar surface area (TPSA) is 118 Å². The quantitative estimate of drug-likeness (QED) is 0.319. The number of hydrogen-bond donors (Lipinski definition) is 3. The first-order chi connectivity index (χ1) is 19.3. The van der Waals surface area contributed by atoms with Gasteiger partial charge in [0.25, 0.3) is 0 Å². The maximum Gasteiger partial charge on any atom is 0.187 e. The third-order valence-corrected chi connectivity index (χ3v) is 11.1. The largest absolute Gasteiger partial charge is 0.378 e. The highest BCUT2D eigenvalue weighted by molar-refractivity contribution is 7.91. The highest BCUT2D eigenvalue weighted by atomic mass is 32.2. The van der Waals surface area contributed by atoms with E-state index in [0.717, 1.165) is 71.2 Å². The van der Waals surface area contributed by atoms with Crippen LogP contribution in [0.4, 0.5) is 16.5 Å². The number of para-hydroxylation sites is 1. The Hall–Kier alpha value is -2.97. The Morgan fingerprint density at radius 1 is 1.05 bits per heavy atom. The summed E-state index contributed by atoms with van der Waals surface area (Å²) in [6, 6.07) is 20.7. The predicted octanol–water partition coefficient (Wildman–Crippen LogP) is 5.03. The van der Waals surface area contributed by atoms with Crippen molar-refractivity contribution in [3.8, 4) is 16.5 Å². The van der Waals surface area contributed by atoms with Gasteiger partial charge in [-0.15, -0.1) is 0 Å². The predicted molar refractivity (Wildman–Crippen MR) is 160 cm³/mol. The van der Waals surface area contributed by atoms with Gasteiger partial charge in [0.15, 0.2) is 15.0 Å². The van der Waals surface area contributed by atoms with Crippen LogP contribution in [0.1, 0.15) is 50.1 Å². The SMILES string of the molecule is N#CC1(NC(O)[C@@H]2CCCC[C@H]2c2nc(Nc3ccccc3)sc2-c2ccc(N3CCS(=O)(=O)CC3)cc2)CC1. The van der Waals surface area contributed by atoms with Gasteiger partial charge in [-0.05, 0) is 55.5 Å². The maximum absolute atomic E-state index is 11.9. The second-order valence-electron chi connectivity index (χ2n) is 11.2. The zero-order chi connectivity index (χ0) is 27.7. The van der Waals surface area contributed by atoms with Gasteiger partial charge in [0.2, 0.25) is 0 Å². The van der Waals surface area contributed by atoms with Crippen LogP contribution in [-0.4, -0.2) is 54.9 Å². The summed E-state index contributed by atoms with van der Waals surface area (Å²) in [6.07, 6.45) is 4.74. The molecule has 1 aromatic heterocycles. The molecule has 2 saturated carbocycles. The Morgan fingerprint density at radius 3 is 2.42 bits per heavy atom. The fraction of sp³-hybridized carbons (Fsp3) is 0.467. The maximum atomic E-state index is 11.9. The number of nitriles is 1. The summed E-state index contributed by atoms with van der Waals surface area (Å²) in [5.74, 6) is 0.415. The van der Waals surface area contributed by atoms with Crippen molar-refractivity contribution >= 4 is 37.7 Å². The van der Waals surface area contributed by atoms with Gasteiger partial charge >= 0.3 is 0 Å². The van der Waals surface area contributed by atoms with Crippen molar-refractivity contribution < 1.29 is 13.5 Å². The van der Waals surface area contributed by atoms with Crippen molar-refractivity contribution in [1.82, 2.24) is 10.3 Å². The summed E-state index contributed by atoms with van der Waals surface area (Å²) in [6.45, 7) is 1.02. The van der Waals surface area contributed by atoms with Gasteiger partial charge < -0.3 is 15.3 Å². The number of thiazole rings is 1. The average molecular weight is 578 g/mol. The summed E-state index contributed by atoms with van der Waals surface area (Å²) >= 11 is 1.62. The molecule has 6 rings (SSSR count). The number of nitrogens with one attached hydrogen (secondary N) is 2. The number of anilines is 3. The highest BCUT2D eigenvalue weighted by Crippen LogP contribution is 2.47. The molecule has 3 atom stereocenters. The van der Waals surface area contributed by atoms with Crippen molar-refractivity contribution in [2.75, 3.05) is 34.8 Å². The number of nitrogens with zero attached hydrogens (tertiary/aromatic N) is 3. The number of hydrogen-bond acceptors (Lipinski definition) is 9. The molecule has 0 amide bonds. The van der Waals surface area contributed by atoms with Crippen LogP contribution in [0.3, 0.4) is 0 Å². The van der Waals surface area contributed by atoms with E-state index in [1.54, 1.807) is 11.3 Å². The Bertz CT molecular complexity index is 1470. The van der Waals surface area contributed by atoms with Gasteiger partial charge in [0.1, 0.15) is 11.8 Å². The van der Waals surface area contributed by atoms with Crippen molar-refractivity contribution in [2.45, 2.75) is 56.2 Å². The molecular formula is C30H35N5O3S2. The van der Waals surface area contributed by atoms with E-state index in [-0.39, 0.29) is 23.3 Å². The van der Waals surface area contributed by atoms with Gasteiger partial charge in [-0.25, -0.2) is 13.4 Å². The summed E-state index contributed by atoms with van der Waals surface area (Å²) in [5, 5.41) is 28.4. The molecule has 3 fully saturated rings. The molecule has 210 valence electrons. The lowest BCUT2D eigenvalue weighted by atomic mass is 9.75. The van der Waals surface area contributed by atoms with Crippen LogP contribution in [0.25, 0.3) is 10.4 Å². The first-order valence-corrected chi connectivity index (χ1v) is 16.7.